The predicted octanol–water partition coefficient (Wildman–Crippen LogP) is 4.13. The van der Waals surface area contributed by atoms with E-state index in [0.29, 0.717) is 6.42 Å². The van der Waals surface area contributed by atoms with Gasteiger partial charge in [0.25, 0.3) is 0 Å². The lowest BCUT2D eigenvalue weighted by atomic mass is 9.85. The summed E-state index contributed by atoms with van der Waals surface area (Å²) in [5, 5.41) is 9.29. The van der Waals surface area contributed by atoms with E-state index >= 15 is 0 Å². The van der Waals surface area contributed by atoms with Gasteiger partial charge in [-0.1, -0.05) is 32.9 Å². The summed E-state index contributed by atoms with van der Waals surface area (Å²) in [5.74, 6) is -0.372. The van der Waals surface area contributed by atoms with Crippen LogP contribution in [-0.2, 0) is 6.18 Å². The maximum Gasteiger partial charge on any atom is 0.419 e. The summed E-state index contributed by atoms with van der Waals surface area (Å²) in [7, 11) is 0. The van der Waals surface area contributed by atoms with E-state index in [4.69, 9.17) is 4.74 Å². The zero-order chi connectivity index (χ0) is 15.4. The fraction of sp³-hybridized carbons (Fsp3) is 0.600. The van der Waals surface area contributed by atoms with Crippen LogP contribution in [-0.4, -0.2) is 18.3 Å². The van der Waals surface area contributed by atoms with Gasteiger partial charge in [-0.3, -0.25) is 0 Å². The van der Waals surface area contributed by atoms with E-state index < -0.39 is 11.7 Å². The molecule has 1 unspecified atom stereocenters. The molecule has 0 saturated heterocycles. The van der Waals surface area contributed by atoms with Gasteiger partial charge >= 0.3 is 6.18 Å². The SMILES string of the molecule is CC(C)(C)CC(CO)COc1ccccc1C(F)(F)F. The lowest BCUT2D eigenvalue weighted by Gasteiger charge is -2.25. The van der Waals surface area contributed by atoms with Crippen LogP contribution in [0.15, 0.2) is 24.3 Å². The molecule has 2 nitrogen and oxygen atoms in total. The van der Waals surface area contributed by atoms with Crippen molar-refractivity contribution in [3.8, 4) is 5.75 Å². The Kier molecular flexibility index (Phi) is 5.45. The van der Waals surface area contributed by atoms with Crippen molar-refractivity contribution < 1.29 is 23.0 Å². The number of rotatable bonds is 5. The van der Waals surface area contributed by atoms with Gasteiger partial charge in [-0.25, -0.2) is 0 Å². The van der Waals surface area contributed by atoms with E-state index in [1.807, 2.05) is 20.8 Å². The summed E-state index contributed by atoms with van der Waals surface area (Å²) in [6.07, 6.45) is -3.76. The maximum atomic E-state index is 12.8. The first kappa shape index (κ1) is 16.8. The molecule has 0 saturated carbocycles. The number of para-hydroxylation sites is 1. The van der Waals surface area contributed by atoms with Gasteiger partial charge in [0.2, 0.25) is 0 Å². The number of benzene rings is 1. The molecule has 20 heavy (non-hydrogen) atoms. The number of aliphatic hydroxyl groups is 1. The average Bonchev–Trinajstić information content (AvgIpc) is 2.32. The highest BCUT2D eigenvalue weighted by molar-refractivity contribution is 5.35. The number of ether oxygens (including phenoxy) is 1. The number of hydrogen-bond acceptors (Lipinski definition) is 2. The van der Waals surface area contributed by atoms with Crippen LogP contribution in [0.5, 0.6) is 5.75 Å². The maximum absolute atomic E-state index is 12.8. The van der Waals surface area contributed by atoms with E-state index in [1.165, 1.54) is 18.2 Å². The van der Waals surface area contributed by atoms with Crippen molar-refractivity contribution in [1.82, 2.24) is 0 Å². The predicted molar refractivity (Wildman–Crippen MR) is 71.6 cm³/mol. The second-order valence-corrected chi connectivity index (χ2v) is 6.12. The third-order valence-corrected chi connectivity index (χ3v) is 2.83. The number of alkyl halides is 3. The van der Waals surface area contributed by atoms with Crippen LogP contribution in [0.4, 0.5) is 13.2 Å². The van der Waals surface area contributed by atoms with Crippen LogP contribution in [0.1, 0.15) is 32.8 Å². The molecule has 1 rings (SSSR count). The van der Waals surface area contributed by atoms with Crippen molar-refractivity contribution in [3.05, 3.63) is 29.8 Å². The van der Waals surface area contributed by atoms with Gasteiger partial charge in [0.05, 0.1) is 12.2 Å². The second-order valence-electron chi connectivity index (χ2n) is 6.12. The Balaban J connectivity index is 2.74. The summed E-state index contributed by atoms with van der Waals surface area (Å²) in [5.41, 5.74) is -0.798. The molecule has 0 spiro atoms. The molecule has 0 aliphatic rings. The first-order valence-corrected chi connectivity index (χ1v) is 6.53. The Bertz CT molecular complexity index is 422. The second kappa shape index (κ2) is 6.48. The molecule has 0 aromatic heterocycles. The number of aliphatic hydroxyl groups excluding tert-OH is 1. The third-order valence-electron chi connectivity index (χ3n) is 2.83. The molecule has 114 valence electrons. The summed E-state index contributed by atoms with van der Waals surface area (Å²) in [6, 6.07) is 5.12. The monoisotopic (exact) mass is 290 g/mol. The highest BCUT2D eigenvalue weighted by atomic mass is 19.4. The van der Waals surface area contributed by atoms with Gasteiger partial charge in [-0.15, -0.1) is 0 Å². The van der Waals surface area contributed by atoms with Crippen molar-refractivity contribution in [2.24, 2.45) is 11.3 Å². The first-order valence-electron chi connectivity index (χ1n) is 6.53. The van der Waals surface area contributed by atoms with Crippen molar-refractivity contribution in [2.75, 3.05) is 13.2 Å². The highest BCUT2D eigenvalue weighted by Crippen LogP contribution is 2.36. The summed E-state index contributed by atoms with van der Waals surface area (Å²) >= 11 is 0. The molecule has 1 atom stereocenters. The molecule has 1 aromatic carbocycles. The Morgan fingerprint density at radius 3 is 2.25 bits per heavy atom. The molecule has 0 aliphatic carbocycles. The Labute approximate surface area is 117 Å². The smallest absolute Gasteiger partial charge is 0.419 e. The molecular formula is C15H21F3O2. The van der Waals surface area contributed by atoms with E-state index in [-0.39, 0.29) is 30.3 Å². The van der Waals surface area contributed by atoms with E-state index in [1.54, 1.807) is 0 Å². The Hall–Kier alpha value is -1.23. The minimum Gasteiger partial charge on any atom is -0.493 e. The molecule has 1 N–H and O–H groups in total. The summed E-state index contributed by atoms with van der Waals surface area (Å²) < 4.78 is 43.7. The minimum absolute atomic E-state index is 0.0136. The summed E-state index contributed by atoms with van der Waals surface area (Å²) in [6.45, 7) is 6.00. The first-order chi connectivity index (χ1) is 9.13. The van der Waals surface area contributed by atoms with Crippen LogP contribution in [0.2, 0.25) is 0 Å². The van der Waals surface area contributed by atoms with Crippen molar-refractivity contribution in [1.29, 1.82) is 0 Å². The largest absolute Gasteiger partial charge is 0.493 e. The topological polar surface area (TPSA) is 29.5 Å². The molecule has 1 aromatic rings. The van der Waals surface area contributed by atoms with Crippen LogP contribution in [0, 0.1) is 11.3 Å². The Morgan fingerprint density at radius 1 is 1.15 bits per heavy atom. The molecule has 0 heterocycles. The van der Waals surface area contributed by atoms with E-state index in [0.717, 1.165) is 6.07 Å². The quantitative estimate of drug-likeness (QED) is 0.883. The van der Waals surface area contributed by atoms with Crippen molar-refractivity contribution >= 4 is 0 Å². The molecule has 0 fully saturated rings. The molecule has 0 amide bonds. The van der Waals surface area contributed by atoms with E-state index in [2.05, 4.69) is 0 Å². The van der Waals surface area contributed by atoms with Gasteiger partial charge in [-0.05, 0) is 24.0 Å². The highest BCUT2D eigenvalue weighted by Gasteiger charge is 2.34. The lowest BCUT2D eigenvalue weighted by molar-refractivity contribution is -0.139. The summed E-state index contributed by atoms with van der Waals surface area (Å²) in [4.78, 5) is 0. The van der Waals surface area contributed by atoms with Crippen LogP contribution in [0.25, 0.3) is 0 Å². The fourth-order valence-electron chi connectivity index (χ4n) is 2.08. The van der Waals surface area contributed by atoms with E-state index in [9.17, 15) is 18.3 Å². The molecule has 5 heteroatoms. The third kappa shape index (κ3) is 5.41. The van der Waals surface area contributed by atoms with Gasteiger partial charge < -0.3 is 9.84 Å². The minimum atomic E-state index is -4.44. The van der Waals surface area contributed by atoms with Gasteiger partial charge in [-0.2, -0.15) is 13.2 Å². The molecule has 0 radical (unpaired) electrons. The molecular weight excluding hydrogens is 269 g/mol. The molecule has 0 aliphatic heterocycles. The fourth-order valence-corrected chi connectivity index (χ4v) is 2.08. The normalized spacial score (nSPS) is 14.2. The van der Waals surface area contributed by atoms with Gasteiger partial charge in [0.15, 0.2) is 0 Å². The van der Waals surface area contributed by atoms with Crippen LogP contribution >= 0.6 is 0 Å². The molecule has 0 bridgehead atoms. The van der Waals surface area contributed by atoms with Crippen LogP contribution < -0.4 is 4.74 Å². The van der Waals surface area contributed by atoms with Crippen LogP contribution in [0.3, 0.4) is 0 Å². The van der Waals surface area contributed by atoms with Crippen molar-refractivity contribution in [3.63, 3.8) is 0 Å². The Morgan fingerprint density at radius 2 is 1.75 bits per heavy atom. The zero-order valence-electron chi connectivity index (χ0n) is 12.0. The zero-order valence-corrected chi connectivity index (χ0v) is 12.0. The van der Waals surface area contributed by atoms with Gasteiger partial charge in [0.1, 0.15) is 5.75 Å². The number of halogens is 3. The van der Waals surface area contributed by atoms with Crippen molar-refractivity contribution in [2.45, 2.75) is 33.4 Å². The lowest BCUT2D eigenvalue weighted by Crippen LogP contribution is -2.23. The number of hydrogen-bond donors (Lipinski definition) is 1. The standard InChI is InChI=1S/C15H21F3O2/c1-14(2,3)8-11(9-19)10-20-13-7-5-4-6-12(13)15(16,17)18/h4-7,11,19H,8-10H2,1-3H3. The average molecular weight is 290 g/mol. The van der Waals surface area contributed by atoms with Gasteiger partial charge in [0, 0.05) is 12.5 Å².